The molecule has 7 heteroatoms. The molecule has 0 fully saturated rings. The summed E-state index contributed by atoms with van der Waals surface area (Å²) in [6.45, 7) is 3.93. The summed E-state index contributed by atoms with van der Waals surface area (Å²) in [6, 6.07) is 5.15. The number of nitrogens with zero attached hydrogens (tertiary/aromatic N) is 1. The number of benzene rings is 1. The first-order chi connectivity index (χ1) is 8.95. The van der Waals surface area contributed by atoms with Crippen molar-refractivity contribution >= 4 is 23.5 Å². The van der Waals surface area contributed by atoms with Crippen LogP contribution in [0.4, 0.5) is 13.2 Å². The highest BCUT2D eigenvalue weighted by atomic mass is 32.1. The molecule has 0 radical (unpaired) electrons. The monoisotopic (exact) mass is 287 g/mol. The Morgan fingerprint density at radius 3 is 2.68 bits per heavy atom. The number of thiocarbonyl (C=S) groups is 1. The lowest BCUT2D eigenvalue weighted by Gasteiger charge is -2.09. The van der Waals surface area contributed by atoms with Gasteiger partial charge in [-0.05, 0) is 18.3 Å². The van der Waals surface area contributed by atoms with Gasteiger partial charge in [0.1, 0.15) is 0 Å². The molecule has 0 atom stereocenters. The summed E-state index contributed by atoms with van der Waals surface area (Å²) in [4.78, 5) is 0. The summed E-state index contributed by atoms with van der Waals surface area (Å²) in [5.74, 6) is 0. The molecule has 0 aliphatic heterocycles. The zero-order chi connectivity index (χ0) is 14.3. The second kappa shape index (κ2) is 6.89. The summed E-state index contributed by atoms with van der Waals surface area (Å²) in [6.07, 6.45) is -1.74. The van der Waals surface area contributed by atoms with Gasteiger partial charge in [0.2, 0.25) is 0 Å². The predicted molar refractivity (Wildman–Crippen MR) is 73.0 cm³/mol. The minimum atomic E-state index is -4.41. The Balaban J connectivity index is 2.72. The number of hydrogen-bond donors (Lipinski definition) is 2. The number of hydrogen-bond acceptors (Lipinski definition) is 2. The van der Waals surface area contributed by atoms with Gasteiger partial charge >= 0.3 is 6.18 Å². The molecule has 0 amide bonds. The van der Waals surface area contributed by atoms with Crippen LogP contribution in [0.25, 0.3) is 0 Å². The highest BCUT2D eigenvalue weighted by molar-refractivity contribution is 7.80. The van der Waals surface area contributed by atoms with Crippen LogP contribution in [0.1, 0.15) is 11.1 Å². The molecule has 0 saturated heterocycles. The minimum absolute atomic E-state index is 0.0333. The van der Waals surface area contributed by atoms with E-state index in [4.69, 9.17) is 12.2 Å². The van der Waals surface area contributed by atoms with Crippen LogP contribution in [0.5, 0.6) is 0 Å². The Morgan fingerprint density at radius 1 is 1.37 bits per heavy atom. The summed E-state index contributed by atoms with van der Waals surface area (Å²) in [5, 5.41) is 6.59. The third-order valence-electron chi connectivity index (χ3n) is 2.04. The van der Waals surface area contributed by atoms with E-state index in [-0.39, 0.29) is 10.7 Å². The molecular formula is C12H12F3N3S. The van der Waals surface area contributed by atoms with E-state index in [0.29, 0.717) is 6.54 Å². The van der Waals surface area contributed by atoms with Gasteiger partial charge in [0.05, 0.1) is 11.8 Å². The largest absolute Gasteiger partial charge is 0.417 e. The van der Waals surface area contributed by atoms with Crippen LogP contribution in [0.3, 0.4) is 0 Å². The topological polar surface area (TPSA) is 36.4 Å². The zero-order valence-corrected chi connectivity index (χ0v) is 10.7. The third kappa shape index (κ3) is 5.09. The second-order valence-electron chi connectivity index (χ2n) is 3.45. The van der Waals surface area contributed by atoms with E-state index in [1.54, 1.807) is 6.08 Å². The molecule has 0 spiro atoms. The first-order valence-electron chi connectivity index (χ1n) is 5.29. The maximum absolute atomic E-state index is 12.7. The number of halogens is 3. The molecule has 1 aromatic rings. The fourth-order valence-corrected chi connectivity index (χ4v) is 1.37. The third-order valence-corrected chi connectivity index (χ3v) is 2.28. The van der Waals surface area contributed by atoms with E-state index in [9.17, 15) is 13.2 Å². The van der Waals surface area contributed by atoms with Crippen LogP contribution in [-0.2, 0) is 6.18 Å². The summed E-state index contributed by atoms with van der Waals surface area (Å²) >= 11 is 4.84. The van der Waals surface area contributed by atoms with E-state index < -0.39 is 11.7 Å². The van der Waals surface area contributed by atoms with Gasteiger partial charge in [-0.2, -0.15) is 18.3 Å². The summed E-state index contributed by atoms with van der Waals surface area (Å²) in [5.41, 5.74) is 1.64. The predicted octanol–water partition coefficient (Wildman–Crippen LogP) is 2.69. The Hall–Kier alpha value is -1.89. The number of hydrazone groups is 1. The lowest BCUT2D eigenvalue weighted by Crippen LogP contribution is -2.31. The van der Waals surface area contributed by atoms with Crippen molar-refractivity contribution in [2.45, 2.75) is 6.18 Å². The fourth-order valence-electron chi connectivity index (χ4n) is 1.23. The highest BCUT2D eigenvalue weighted by Crippen LogP contribution is 2.30. The molecule has 2 N–H and O–H groups in total. The first-order valence-corrected chi connectivity index (χ1v) is 5.70. The van der Waals surface area contributed by atoms with Crippen molar-refractivity contribution < 1.29 is 13.2 Å². The molecule has 0 bridgehead atoms. The maximum atomic E-state index is 12.7. The standard InChI is InChI=1S/C12H12F3N3S/c1-2-7-16-11(19)18-17-8-9-5-3-4-6-10(9)12(13,14)15/h2-6,8H,1,7H2,(H2,16,18,19)/b17-8+. The number of nitrogens with one attached hydrogen (secondary N) is 2. The normalized spacial score (nSPS) is 11.3. The molecule has 0 aliphatic carbocycles. The van der Waals surface area contributed by atoms with Crippen molar-refractivity contribution in [3.63, 3.8) is 0 Å². The lowest BCUT2D eigenvalue weighted by atomic mass is 10.1. The molecule has 0 heterocycles. The van der Waals surface area contributed by atoms with Crippen LogP contribution in [0, 0.1) is 0 Å². The molecule has 0 aromatic heterocycles. The van der Waals surface area contributed by atoms with Gasteiger partial charge in [0.25, 0.3) is 0 Å². The van der Waals surface area contributed by atoms with Gasteiger partial charge in [-0.1, -0.05) is 24.3 Å². The summed E-state index contributed by atoms with van der Waals surface area (Å²) in [7, 11) is 0. The average molecular weight is 287 g/mol. The van der Waals surface area contributed by atoms with Crippen LogP contribution < -0.4 is 10.7 Å². The lowest BCUT2D eigenvalue weighted by molar-refractivity contribution is -0.137. The van der Waals surface area contributed by atoms with Gasteiger partial charge in [0, 0.05) is 12.1 Å². The van der Waals surface area contributed by atoms with E-state index in [1.807, 2.05) is 0 Å². The van der Waals surface area contributed by atoms with Crippen molar-refractivity contribution in [1.29, 1.82) is 0 Å². The van der Waals surface area contributed by atoms with E-state index in [1.165, 1.54) is 18.2 Å². The molecule has 102 valence electrons. The molecule has 0 unspecified atom stereocenters. The molecule has 0 saturated carbocycles. The van der Waals surface area contributed by atoms with Crippen LogP contribution in [0.15, 0.2) is 42.0 Å². The van der Waals surface area contributed by atoms with E-state index in [2.05, 4.69) is 22.4 Å². The molecular weight excluding hydrogens is 275 g/mol. The van der Waals surface area contributed by atoms with Gasteiger partial charge in [-0.15, -0.1) is 6.58 Å². The van der Waals surface area contributed by atoms with Crippen LogP contribution >= 0.6 is 12.2 Å². The van der Waals surface area contributed by atoms with E-state index >= 15 is 0 Å². The minimum Gasteiger partial charge on any atom is -0.358 e. The van der Waals surface area contributed by atoms with Crippen LogP contribution in [-0.4, -0.2) is 17.9 Å². The maximum Gasteiger partial charge on any atom is 0.417 e. The molecule has 0 aliphatic rings. The van der Waals surface area contributed by atoms with Crippen molar-refractivity contribution in [1.82, 2.24) is 10.7 Å². The molecule has 3 nitrogen and oxygen atoms in total. The average Bonchev–Trinajstić information content (AvgIpc) is 2.35. The Kier molecular flexibility index (Phi) is 5.50. The fraction of sp³-hybridized carbons (Fsp3) is 0.167. The van der Waals surface area contributed by atoms with Crippen LogP contribution in [0.2, 0.25) is 0 Å². The summed E-state index contributed by atoms with van der Waals surface area (Å²) < 4.78 is 38.0. The Bertz CT molecular complexity index is 483. The van der Waals surface area contributed by atoms with E-state index in [0.717, 1.165) is 12.3 Å². The SMILES string of the molecule is C=CCNC(=S)N/N=C/c1ccccc1C(F)(F)F. The highest BCUT2D eigenvalue weighted by Gasteiger charge is 2.32. The van der Waals surface area contributed by atoms with Crippen molar-refractivity contribution in [3.05, 3.63) is 48.0 Å². The number of alkyl halides is 3. The van der Waals surface area contributed by atoms with Crippen molar-refractivity contribution in [2.75, 3.05) is 6.54 Å². The quantitative estimate of drug-likeness (QED) is 0.387. The molecule has 1 rings (SSSR count). The van der Waals surface area contributed by atoms with Gasteiger partial charge in [-0.3, -0.25) is 5.43 Å². The first kappa shape index (κ1) is 15.2. The molecule has 19 heavy (non-hydrogen) atoms. The van der Waals surface area contributed by atoms with Gasteiger partial charge in [-0.25, -0.2) is 0 Å². The molecule has 1 aromatic carbocycles. The Morgan fingerprint density at radius 2 is 2.05 bits per heavy atom. The van der Waals surface area contributed by atoms with Crippen molar-refractivity contribution in [2.24, 2.45) is 5.10 Å². The second-order valence-corrected chi connectivity index (χ2v) is 3.86. The number of rotatable bonds is 4. The van der Waals surface area contributed by atoms with Gasteiger partial charge in [0.15, 0.2) is 5.11 Å². The smallest absolute Gasteiger partial charge is 0.358 e. The zero-order valence-electron chi connectivity index (χ0n) is 9.87. The van der Waals surface area contributed by atoms with Gasteiger partial charge < -0.3 is 5.32 Å². The van der Waals surface area contributed by atoms with Crippen molar-refractivity contribution in [3.8, 4) is 0 Å². The Labute approximate surface area is 114 Å².